The summed E-state index contributed by atoms with van der Waals surface area (Å²) in [5.74, 6) is -0.726. The number of carboxylic acids is 1. The third-order valence-electron chi connectivity index (χ3n) is 2.57. The van der Waals surface area contributed by atoms with Crippen molar-refractivity contribution < 1.29 is 9.90 Å². The third-order valence-corrected chi connectivity index (χ3v) is 2.57. The van der Waals surface area contributed by atoms with Crippen LogP contribution in [-0.2, 0) is 4.79 Å². The van der Waals surface area contributed by atoms with Crippen LogP contribution in [0.15, 0.2) is 0 Å². The number of nitrogens with one attached hydrogen (secondary N) is 1. The number of rotatable bonds is 6. The van der Waals surface area contributed by atoms with Crippen molar-refractivity contribution in [2.75, 3.05) is 32.7 Å². The van der Waals surface area contributed by atoms with Gasteiger partial charge in [0.2, 0.25) is 0 Å². The Morgan fingerprint density at radius 2 is 1.93 bits per heavy atom. The van der Waals surface area contributed by atoms with Gasteiger partial charge in [-0.3, -0.25) is 4.79 Å². The van der Waals surface area contributed by atoms with Gasteiger partial charge in [-0.05, 0) is 25.9 Å². The van der Waals surface area contributed by atoms with Crippen LogP contribution >= 0.6 is 0 Å². The SMILES string of the molecule is O=C(O)CCNCCN1CCCCC1. The highest BCUT2D eigenvalue weighted by Crippen LogP contribution is 2.07. The van der Waals surface area contributed by atoms with Gasteiger partial charge in [0.15, 0.2) is 0 Å². The Labute approximate surface area is 85.3 Å². The van der Waals surface area contributed by atoms with Gasteiger partial charge in [0.1, 0.15) is 0 Å². The number of likely N-dealkylation sites (tertiary alicyclic amines) is 1. The van der Waals surface area contributed by atoms with Gasteiger partial charge in [-0.1, -0.05) is 6.42 Å². The molecule has 4 heteroatoms. The number of carboxylic acid groups (broad SMARTS) is 1. The fourth-order valence-corrected chi connectivity index (χ4v) is 1.74. The predicted molar refractivity (Wildman–Crippen MR) is 55.4 cm³/mol. The minimum Gasteiger partial charge on any atom is -0.481 e. The summed E-state index contributed by atoms with van der Waals surface area (Å²) in [6.45, 7) is 4.97. The molecule has 0 aromatic heterocycles. The van der Waals surface area contributed by atoms with E-state index in [0.29, 0.717) is 6.54 Å². The molecule has 14 heavy (non-hydrogen) atoms. The second-order valence-electron chi connectivity index (χ2n) is 3.80. The average molecular weight is 200 g/mol. The van der Waals surface area contributed by atoms with Gasteiger partial charge < -0.3 is 15.3 Å². The zero-order valence-electron chi connectivity index (χ0n) is 8.67. The number of hydrogen-bond acceptors (Lipinski definition) is 3. The normalized spacial score (nSPS) is 18.3. The maximum Gasteiger partial charge on any atom is 0.304 e. The van der Waals surface area contributed by atoms with E-state index in [4.69, 9.17) is 5.11 Å². The highest BCUT2D eigenvalue weighted by atomic mass is 16.4. The van der Waals surface area contributed by atoms with E-state index in [1.807, 2.05) is 0 Å². The summed E-state index contributed by atoms with van der Waals surface area (Å²) >= 11 is 0. The molecule has 0 amide bonds. The Morgan fingerprint density at radius 3 is 2.57 bits per heavy atom. The Hall–Kier alpha value is -0.610. The fourth-order valence-electron chi connectivity index (χ4n) is 1.74. The number of carbonyl (C=O) groups is 1. The molecule has 2 N–H and O–H groups in total. The van der Waals surface area contributed by atoms with Gasteiger partial charge in [-0.15, -0.1) is 0 Å². The Morgan fingerprint density at radius 1 is 1.21 bits per heavy atom. The molecule has 1 saturated heterocycles. The van der Waals surface area contributed by atoms with E-state index in [1.54, 1.807) is 0 Å². The first-order chi connectivity index (χ1) is 6.79. The zero-order chi connectivity index (χ0) is 10.2. The molecule has 0 aromatic carbocycles. The van der Waals surface area contributed by atoms with E-state index in [0.717, 1.165) is 13.1 Å². The molecule has 0 unspecified atom stereocenters. The second kappa shape index (κ2) is 6.79. The molecule has 0 spiro atoms. The summed E-state index contributed by atoms with van der Waals surface area (Å²) in [5.41, 5.74) is 0. The second-order valence-corrected chi connectivity index (χ2v) is 3.80. The number of hydrogen-bond donors (Lipinski definition) is 2. The maximum absolute atomic E-state index is 10.2. The van der Waals surface area contributed by atoms with E-state index in [2.05, 4.69) is 10.2 Å². The largest absolute Gasteiger partial charge is 0.481 e. The molecule has 1 rings (SSSR count). The molecule has 1 aliphatic rings. The maximum atomic E-state index is 10.2. The first kappa shape index (κ1) is 11.5. The molecule has 0 aliphatic carbocycles. The van der Waals surface area contributed by atoms with Crippen LogP contribution in [0.2, 0.25) is 0 Å². The number of aliphatic carboxylic acids is 1. The van der Waals surface area contributed by atoms with Crippen LogP contribution in [0.5, 0.6) is 0 Å². The van der Waals surface area contributed by atoms with Crippen molar-refractivity contribution >= 4 is 5.97 Å². The van der Waals surface area contributed by atoms with E-state index < -0.39 is 5.97 Å². The Kier molecular flexibility index (Phi) is 5.56. The first-order valence-electron chi connectivity index (χ1n) is 5.44. The lowest BCUT2D eigenvalue weighted by atomic mass is 10.1. The molecule has 0 bridgehead atoms. The van der Waals surface area contributed by atoms with Crippen LogP contribution in [0.3, 0.4) is 0 Å². The quantitative estimate of drug-likeness (QED) is 0.614. The average Bonchev–Trinajstić information content (AvgIpc) is 2.18. The molecule has 0 aromatic rings. The number of nitrogens with zero attached hydrogens (tertiary/aromatic N) is 1. The lowest BCUT2D eigenvalue weighted by Crippen LogP contribution is -2.36. The van der Waals surface area contributed by atoms with Crippen molar-refractivity contribution in [2.24, 2.45) is 0 Å². The molecule has 82 valence electrons. The smallest absolute Gasteiger partial charge is 0.304 e. The third kappa shape index (κ3) is 5.19. The molecule has 1 heterocycles. The van der Waals surface area contributed by atoms with Crippen LogP contribution in [0.1, 0.15) is 25.7 Å². The molecular weight excluding hydrogens is 180 g/mol. The van der Waals surface area contributed by atoms with Crippen molar-refractivity contribution in [2.45, 2.75) is 25.7 Å². The molecule has 0 radical (unpaired) electrons. The van der Waals surface area contributed by atoms with Gasteiger partial charge in [0.25, 0.3) is 0 Å². The lowest BCUT2D eigenvalue weighted by molar-refractivity contribution is -0.136. The molecule has 0 saturated carbocycles. The van der Waals surface area contributed by atoms with Crippen molar-refractivity contribution in [3.05, 3.63) is 0 Å². The van der Waals surface area contributed by atoms with E-state index in [-0.39, 0.29) is 6.42 Å². The van der Waals surface area contributed by atoms with Crippen LogP contribution in [0.25, 0.3) is 0 Å². The van der Waals surface area contributed by atoms with Crippen molar-refractivity contribution in [3.8, 4) is 0 Å². The first-order valence-corrected chi connectivity index (χ1v) is 5.44. The van der Waals surface area contributed by atoms with Gasteiger partial charge in [0, 0.05) is 19.6 Å². The lowest BCUT2D eigenvalue weighted by Gasteiger charge is -2.26. The van der Waals surface area contributed by atoms with E-state index >= 15 is 0 Å². The summed E-state index contributed by atoms with van der Waals surface area (Å²) in [7, 11) is 0. The molecular formula is C10H20N2O2. The fraction of sp³-hybridized carbons (Fsp3) is 0.900. The highest BCUT2D eigenvalue weighted by molar-refractivity contribution is 5.66. The monoisotopic (exact) mass is 200 g/mol. The Balaban J connectivity index is 1.90. The van der Waals surface area contributed by atoms with Crippen molar-refractivity contribution in [3.63, 3.8) is 0 Å². The van der Waals surface area contributed by atoms with Gasteiger partial charge >= 0.3 is 5.97 Å². The van der Waals surface area contributed by atoms with Crippen LogP contribution in [0, 0.1) is 0 Å². The van der Waals surface area contributed by atoms with Gasteiger partial charge in [-0.2, -0.15) is 0 Å². The highest BCUT2D eigenvalue weighted by Gasteiger charge is 2.08. The van der Waals surface area contributed by atoms with Crippen molar-refractivity contribution in [1.82, 2.24) is 10.2 Å². The van der Waals surface area contributed by atoms with Crippen molar-refractivity contribution in [1.29, 1.82) is 0 Å². The summed E-state index contributed by atoms with van der Waals surface area (Å²) in [6.07, 6.45) is 4.22. The molecule has 1 fully saturated rings. The molecule has 1 aliphatic heterocycles. The summed E-state index contributed by atoms with van der Waals surface area (Å²) in [6, 6.07) is 0. The summed E-state index contributed by atoms with van der Waals surface area (Å²) in [4.78, 5) is 12.7. The van der Waals surface area contributed by atoms with Crippen LogP contribution < -0.4 is 5.32 Å². The minimum absolute atomic E-state index is 0.222. The number of piperidine rings is 1. The van der Waals surface area contributed by atoms with Crippen LogP contribution in [0.4, 0.5) is 0 Å². The summed E-state index contributed by atoms with van der Waals surface area (Å²) in [5, 5.41) is 11.6. The topological polar surface area (TPSA) is 52.6 Å². The van der Waals surface area contributed by atoms with E-state index in [1.165, 1.54) is 32.4 Å². The Bertz CT molecular complexity index is 168. The molecule has 4 nitrogen and oxygen atoms in total. The molecule has 0 atom stereocenters. The predicted octanol–water partition coefficient (Wildman–Crippen LogP) is 0.537. The van der Waals surface area contributed by atoms with Crippen LogP contribution in [-0.4, -0.2) is 48.7 Å². The minimum atomic E-state index is -0.726. The van der Waals surface area contributed by atoms with E-state index in [9.17, 15) is 4.79 Å². The summed E-state index contributed by atoms with van der Waals surface area (Å²) < 4.78 is 0. The van der Waals surface area contributed by atoms with Gasteiger partial charge in [0.05, 0.1) is 6.42 Å². The zero-order valence-corrected chi connectivity index (χ0v) is 8.67. The van der Waals surface area contributed by atoms with Gasteiger partial charge in [-0.25, -0.2) is 0 Å². The standard InChI is InChI=1S/C10H20N2O2/c13-10(14)4-5-11-6-9-12-7-2-1-3-8-12/h11H,1-9H2,(H,13,14).